The first kappa shape index (κ1) is 24.3. The van der Waals surface area contributed by atoms with Crippen LogP contribution in [-0.2, 0) is 14.4 Å². The zero-order chi connectivity index (χ0) is 20.9. The highest BCUT2D eigenvalue weighted by Gasteiger charge is 2.25. The Labute approximate surface area is 166 Å². The van der Waals surface area contributed by atoms with Gasteiger partial charge in [-0.25, -0.2) is 0 Å². The minimum absolute atomic E-state index is 0.0652. The zero-order valence-corrected chi connectivity index (χ0v) is 16.7. The van der Waals surface area contributed by atoms with Gasteiger partial charge in [0.05, 0.1) is 19.6 Å². The Kier molecular flexibility index (Phi) is 11.7. The van der Waals surface area contributed by atoms with Crippen molar-refractivity contribution in [2.75, 3.05) is 65.4 Å². The third-order valence-corrected chi connectivity index (χ3v) is 4.85. The average molecular weight is 402 g/mol. The quantitative estimate of drug-likeness (QED) is 0.392. The van der Waals surface area contributed by atoms with Gasteiger partial charge in [0.1, 0.15) is 0 Å². The summed E-state index contributed by atoms with van der Waals surface area (Å²) in [6, 6.07) is -0.0652. The highest BCUT2D eigenvalue weighted by Crippen LogP contribution is 2.12. The van der Waals surface area contributed by atoms with Crippen LogP contribution in [0.2, 0.25) is 0 Å². The normalized spacial score (nSPS) is 21.5. The van der Waals surface area contributed by atoms with E-state index in [1.165, 1.54) is 0 Å². The summed E-state index contributed by atoms with van der Waals surface area (Å²) < 4.78 is 0. The molecule has 0 saturated carbocycles. The lowest BCUT2D eigenvalue weighted by Crippen LogP contribution is -2.52. The number of rotatable bonds is 9. The van der Waals surface area contributed by atoms with Crippen molar-refractivity contribution >= 4 is 17.9 Å². The lowest BCUT2D eigenvalue weighted by Gasteiger charge is -2.36. The first-order chi connectivity index (χ1) is 13.3. The second kappa shape index (κ2) is 13.4. The third-order valence-electron chi connectivity index (χ3n) is 4.85. The standard InChI is InChI=1S/C18H34N4O6/c1-2-3-4-15-11-21(13-17(25)26)10-9-20(12-16(23)24)7-5-19-6-8-22(15)14-18(27)28/h15,19H,2-14H2,1H3,(H,23,24)(H,25,26)(H,27,28). The van der Waals surface area contributed by atoms with Crippen LogP contribution < -0.4 is 5.32 Å². The van der Waals surface area contributed by atoms with Crippen LogP contribution in [0.25, 0.3) is 0 Å². The molecule has 0 aromatic rings. The molecule has 1 aliphatic rings. The van der Waals surface area contributed by atoms with Crippen molar-refractivity contribution in [1.82, 2.24) is 20.0 Å². The predicted molar refractivity (Wildman–Crippen MR) is 104 cm³/mol. The summed E-state index contributed by atoms with van der Waals surface area (Å²) >= 11 is 0. The summed E-state index contributed by atoms with van der Waals surface area (Å²) in [5.41, 5.74) is 0. The van der Waals surface area contributed by atoms with Gasteiger partial charge in [0.25, 0.3) is 0 Å². The van der Waals surface area contributed by atoms with Crippen molar-refractivity contribution in [3.05, 3.63) is 0 Å². The van der Waals surface area contributed by atoms with Crippen LogP contribution >= 0.6 is 0 Å². The highest BCUT2D eigenvalue weighted by atomic mass is 16.4. The molecule has 0 aromatic heterocycles. The minimum atomic E-state index is -0.947. The van der Waals surface area contributed by atoms with Crippen molar-refractivity contribution in [1.29, 1.82) is 0 Å². The fourth-order valence-electron chi connectivity index (χ4n) is 3.45. The van der Waals surface area contributed by atoms with Crippen LogP contribution in [0.3, 0.4) is 0 Å². The molecule has 1 aliphatic heterocycles. The molecule has 4 N–H and O–H groups in total. The van der Waals surface area contributed by atoms with Crippen molar-refractivity contribution < 1.29 is 29.7 Å². The number of carbonyl (C=O) groups is 3. The van der Waals surface area contributed by atoms with Crippen molar-refractivity contribution in [3.8, 4) is 0 Å². The molecule has 10 heteroatoms. The van der Waals surface area contributed by atoms with Gasteiger partial charge < -0.3 is 20.6 Å². The second-order valence-electron chi connectivity index (χ2n) is 7.21. The van der Waals surface area contributed by atoms with Crippen LogP contribution in [-0.4, -0.2) is 119 Å². The number of hydrogen-bond donors (Lipinski definition) is 4. The molecule has 1 rings (SSSR count). The molecular weight excluding hydrogens is 368 g/mol. The topological polar surface area (TPSA) is 134 Å². The van der Waals surface area contributed by atoms with Crippen molar-refractivity contribution in [3.63, 3.8) is 0 Å². The molecule has 0 spiro atoms. The van der Waals surface area contributed by atoms with Gasteiger partial charge in [-0.15, -0.1) is 0 Å². The number of hydrogen-bond acceptors (Lipinski definition) is 7. The van der Waals surface area contributed by atoms with Gasteiger partial charge in [0, 0.05) is 51.9 Å². The van der Waals surface area contributed by atoms with Gasteiger partial charge in [0.15, 0.2) is 0 Å². The van der Waals surface area contributed by atoms with E-state index in [-0.39, 0.29) is 25.7 Å². The Hall–Kier alpha value is -1.75. The molecule has 0 aliphatic carbocycles. The van der Waals surface area contributed by atoms with E-state index < -0.39 is 17.9 Å². The largest absolute Gasteiger partial charge is 0.480 e. The Bertz CT molecular complexity index is 504. The first-order valence-corrected chi connectivity index (χ1v) is 9.86. The van der Waals surface area contributed by atoms with Gasteiger partial charge in [-0.1, -0.05) is 19.8 Å². The van der Waals surface area contributed by atoms with Crippen LogP contribution in [0.4, 0.5) is 0 Å². The summed E-state index contributed by atoms with van der Waals surface area (Å²) in [5, 5.41) is 30.9. The van der Waals surface area contributed by atoms with Gasteiger partial charge in [0.2, 0.25) is 0 Å². The van der Waals surface area contributed by atoms with E-state index in [1.54, 1.807) is 9.80 Å². The minimum Gasteiger partial charge on any atom is -0.480 e. The maximum atomic E-state index is 11.3. The molecule has 28 heavy (non-hydrogen) atoms. The maximum absolute atomic E-state index is 11.3. The van der Waals surface area contributed by atoms with Gasteiger partial charge in [-0.3, -0.25) is 29.1 Å². The average Bonchev–Trinajstić information content (AvgIpc) is 2.59. The molecule has 0 bridgehead atoms. The number of nitrogens with one attached hydrogen (secondary N) is 1. The van der Waals surface area contributed by atoms with Gasteiger partial charge in [-0.2, -0.15) is 0 Å². The molecule has 10 nitrogen and oxygen atoms in total. The number of carboxylic acids is 3. The van der Waals surface area contributed by atoms with E-state index in [0.29, 0.717) is 45.8 Å². The zero-order valence-electron chi connectivity index (χ0n) is 16.7. The van der Waals surface area contributed by atoms with Crippen LogP contribution in [0.5, 0.6) is 0 Å². The molecule has 1 fully saturated rings. The fraction of sp³-hybridized carbons (Fsp3) is 0.833. The lowest BCUT2D eigenvalue weighted by molar-refractivity contribution is -0.141. The SMILES string of the molecule is CCCCC1CN(CC(=O)O)CCN(CC(=O)O)CCNCCN1CC(=O)O. The number of nitrogens with zero attached hydrogens (tertiary/aromatic N) is 3. The van der Waals surface area contributed by atoms with E-state index >= 15 is 0 Å². The Morgan fingerprint density at radius 3 is 2.04 bits per heavy atom. The first-order valence-electron chi connectivity index (χ1n) is 9.86. The summed E-state index contributed by atoms with van der Waals surface area (Å²) in [6.45, 7) is 5.31. The molecule has 0 aromatic carbocycles. The van der Waals surface area contributed by atoms with E-state index in [2.05, 4.69) is 12.2 Å². The van der Waals surface area contributed by atoms with Crippen LogP contribution in [0.15, 0.2) is 0 Å². The monoisotopic (exact) mass is 402 g/mol. The fourth-order valence-corrected chi connectivity index (χ4v) is 3.45. The van der Waals surface area contributed by atoms with E-state index in [1.807, 2.05) is 4.90 Å². The molecule has 1 unspecified atom stereocenters. The van der Waals surface area contributed by atoms with Crippen LogP contribution in [0.1, 0.15) is 26.2 Å². The molecule has 1 atom stereocenters. The van der Waals surface area contributed by atoms with E-state index in [9.17, 15) is 24.6 Å². The summed E-state index contributed by atoms with van der Waals surface area (Å²) in [6.07, 6.45) is 2.69. The Morgan fingerprint density at radius 2 is 1.43 bits per heavy atom. The second-order valence-corrected chi connectivity index (χ2v) is 7.21. The van der Waals surface area contributed by atoms with Gasteiger partial charge >= 0.3 is 17.9 Å². The molecular formula is C18H34N4O6. The summed E-state index contributed by atoms with van der Waals surface area (Å²) in [7, 11) is 0. The predicted octanol–water partition coefficient (Wildman–Crippen LogP) is -0.692. The smallest absolute Gasteiger partial charge is 0.317 e. The molecule has 0 amide bonds. The molecule has 1 saturated heterocycles. The van der Waals surface area contributed by atoms with E-state index in [4.69, 9.17) is 5.11 Å². The van der Waals surface area contributed by atoms with Crippen LogP contribution in [0, 0.1) is 0 Å². The highest BCUT2D eigenvalue weighted by molar-refractivity contribution is 5.70. The summed E-state index contributed by atoms with van der Waals surface area (Å²) in [5.74, 6) is -2.76. The van der Waals surface area contributed by atoms with Gasteiger partial charge in [-0.05, 0) is 6.42 Å². The number of carboxylic acid groups (broad SMARTS) is 3. The van der Waals surface area contributed by atoms with Crippen molar-refractivity contribution in [2.45, 2.75) is 32.2 Å². The molecule has 162 valence electrons. The maximum Gasteiger partial charge on any atom is 0.317 e. The van der Waals surface area contributed by atoms with E-state index in [0.717, 1.165) is 19.3 Å². The Balaban J connectivity index is 2.96. The molecule has 1 heterocycles. The summed E-state index contributed by atoms with van der Waals surface area (Å²) in [4.78, 5) is 39.2. The number of aliphatic carboxylic acids is 3. The Morgan fingerprint density at radius 1 is 0.857 bits per heavy atom. The van der Waals surface area contributed by atoms with Crippen molar-refractivity contribution in [2.24, 2.45) is 0 Å². The number of unbranched alkanes of at least 4 members (excludes halogenated alkanes) is 1. The lowest BCUT2D eigenvalue weighted by atomic mass is 10.1. The molecule has 0 radical (unpaired) electrons. The third kappa shape index (κ3) is 10.5.